The maximum Gasteiger partial charge on any atom is 0.304 e. The number of hydrogen-bond acceptors (Lipinski definition) is 2. The van der Waals surface area contributed by atoms with E-state index in [1.165, 1.54) is 12.8 Å². The van der Waals surface area contributed by atoms with E-state index in [2.05, 4.69) is 11.2 Å². The minimum absolute atomic E-state index is 0.0347. The number of hydrogen-bond donors (Lipinski definition) is 1. The lowest BCUT2D eigenvalue weighted by atomic mass is 10.0. The number of carbonyl (C=O) groups is 1. The molecule has 0 spiro atoms. The number of carboxylic acid groups (broad SMARTS) is 1. The highest BCUT2D eigenvalue weighted by Gasteiger charge is 2.27. The topological polar surface area (TPSA) is 55.1 Å². The highest BCUT2D eigenvalue weighted by Crippen LogP contribution is 2.40. The van der Waals surface area contributed by atoms with Crippen LogP contribution in [0, 0.1) is 0 Å². The highest BCUT2D eigenvalue weighted by molar-refractivity contribution is 5.67. The quantitative estimate of drug-likeness (QED) is 0.821. The number of carboxylic acids is 1. The second-order valence-electron chi connectivity index (χ2n) is 4.39. The average molecular weight is 208 g/mol. The van der Waals surface area contributed by atoms with Gasteiger partial charge in [0, 0.05) is 24.6 Å². The van der Waals surface area contributed by atoms with Crippen LogP contribution in [0.5, 0.6) is 0 Å². The molecule has 82 valence electrons. The zero-order chi connectivity index (χ0) is 11.0. The molecule has 0 aromatic carbocycles. The molecular weight excluding hydrogens is 192 g/mol. The molecule has 1 N–H and O–H groups in total. The minimum Gasteiger partial charge on any atom is -0.481 e. The van der Waals surface area contributed by atoms with Gasteiger partial charge in [0.05, 0.1) is 12.1 Å². The Bertz CT molecular complexity index is 380. The molecule has 0 amide bonds. The summed E-state index contributed by atoms with van der Waals surface area (Å²) in [5, 5.41) is 13.2. The summed E-state index contributed by atoms with van der Waals surface area (Å²) in [4.78, 5) is 10.6. The fraction of sp³-hybridized carbons (Fsp3) is 0.636. The Morgan fingerprint density at radius 2 is 2.40 bits per heavy atom. The molecule has 2 rings (SSSR count). The first-order valence-corrected chi connectivity index (χ1v) is 5.33. The number of aliphatic carboxylic acids is 1. The first kappa shape index (κ1) is 10.2. The smallest absolute Gasteiger partial charge is 0.304 e. The molecule has 1 heterocycles. The molecule has 1 aromatic rings. The van der Waals surface area contributed by atoms with Crippen LogP contribution >= 0.6 is 0 Å². The van der Waals surface area contributed by atoms with Crippen LogP contribution in [0.25, 0.3) is 0 Å². The van der Waals surface area contributed by atoms with E-state index in [9.17, 15) is 4.79 Å². The van der Waals surface area contributed by atoms with Gasteiger partial charge in [-0.15, -0.1) is 0 Å². The van der Waals surface area contributed by atoms with Crippen molar-refractivity contribution in [2.45, 2.75) is 38.0 Å². The molecule has 1 unspecified atom stereocenters. The first-order chi connectivity index (χ1) is 7.08. The average Bonchev–Trinajstić information content (AvgIpc) is 2.89. The molecule has 1 fully saturated rings. The fourth-order valence-corrected chi connectivity index (χ4v) is 1.91. The number of rotatable bonds is 4. The van der Waals surface area contributed by atoms with Crippen molar-refractivity contribution in [1.29, 1.82) is 0 Å². The summed E-state index contributed by atoms with van der Waals surface area (Å²) in [7, 11) is 1.89. The molecule has 1 atom stereocenters. The summed E-state index contributed by atoms with van der Waals surface area (Å²) in [6.07, 6.45) is 2.62. The summed E-state index contributed by atoms with van der Waals surface area (Å²) in [5.74, 6) is -0.0915. The number of aromatic nitrogens is 2. The highest BCUT2D eigenvalue weighted by atomic mass is 16.4. The van der Waals surface area contributed by atoms with Crippen LogP contribution < -0.4 is 0 Å². The summed E-state index contributed by atoms with van der Waals surface area (Å²) < 4.78 is 1.82. The maximum absolute atomic E-state index is 10.6. The molecular formula is C11H16N2O2. The number of aryl methyl sites for hydroxylation is 1. The van der Waals surface area contributed by atoms with Crippen molar-refractivity contribution in [3.63, 3.8) is 0 Å². The van der Waals surface area contributed by atoms with E-state index in [0.717, 1.165) is 11.4 Å². The Balaban J connectivity index is 2.15. The van der Waals surface area contributed by atoms with Crippen molar-refractivity contribution in [2.24, 2.45) is 7.05 Å². The van der Waals surface area contributed by atoms with E-state index in [4.69, 9.17) is 5.11 Å². The summed E-state index contributed by atoms with van der Waals surface area (Å²) in [5.41, 5.74) is 2.16. The Kier molecular flexibility index (Phi) is 2.50. The SMILES string of the molecule is CC(CC(=O)O)c1cc(C2CC2)nn1C. The van der Waals surface area contributed by atoms with Crippen LogP contribution in [0.2, 0.25) is 0 Å². The van der Waals surface area contributed by atoms with E-state index >= 15 is 0 Å². The molecule has 4 nitrogen and oxygen atoms in total. The Labute approximate surface area is 88.9 Å². The van der Waals surface area contributed by atoms with Crippen molar-refractivity contribution in [2.75, 3.05) is 0 Å². The Hall–Kier alpha value is -1.32. The van der Waals surface area contributed by atoms with Crippen LogP contribution in [0.1, 0.15) is 49.4 Å². The summed E-state index contributed by atoms with van der Waals surface area (Å²) in [6, 6.07) is 2.06. The zero-order valence-corrected chi connectivity index (χ0v) is 9.10. The van der Waals surface area contributed by atoms with Gasteiger partial charge in [-0.3, -0.25) is 9.48 Å². The normalized spacial score (nSPS) is 17.7. The lowest BCUT2D eigenvalue weighted by Gasteiger charge is -2.07. The molecule has 0 aliphatic heterocycles. The molecule has 15 heavy (non-hydrogen) atoms. The second-order valence-corrected chi connectivity index (χ2v) is 4.39. The minimum atomic E-state index is -0.753. The van der Waals surface area contributed by atoms with Gasteiger partial charge in [-0.05, 0) is 18.9 Å². The summed E-state index contributed by atoms with van der Waals surface area (Å²) in [6.45, 7) is 1.93. The standard InChI is InChI=1S/C11H16N2O2/c1-7(5-11(14)15)10-6-9(8-3-4-8)12-13(10)2/h6-8H,3-5H2,1-2H3,(H,14,15). The van der Waals surface area contributed by atoms with Gasteiger partial charge in [0.2, 0.25) is 0 Å². The summed E-state index contributed by atoms with van der Waals surface area (Å²) >= 11 is 0. The Morgan fingerprint density at radius 1 is 1.73 bits per heavy atom. The van der Waals surface area contributed by atoms with Gasteiger partial charge >= 0.3 is 5.97 Å². The van der Waals surface area contributed by atoms with Gasteiger partial charge in [0.15, 0.2) is 0 Å². The van der Waals surface area contributed by atoms with E-state index in [1.54, 1.807) is 0 Å². The molecule has 1 saturated carbocycles. The van der Waals surface area contributed by atoms with Crippen molar-refractivity contribution in [3.8, 4) is 0 Å². The van der Waals surface area contributed by atoms with E-state index in [1.807, 2.05) is 18.7 Å². The first-order valence-electron chi connectivity index (χ1n) is 5.33. The van der Waals surface area contributed by atoms with Crippen LogP contribution in [-0.2, 0) is 11.8 Å². The second kappa shape index (κ2) is 3.68. The molecule has 1 aliphatic rings. The molecule has 4 heteroatoms. The van der Waals surface area contributed by atoms with Crippen LogP contribution in [0.4, 0.5) is 0 Å². The van der Waals surface area contributed by atoms with Gasteiger partial charge in [-0.25, -0.2) is 0 Å². The van der Waals surface area contributed by atoms with Crippen LogP contribution in [-0.4, -0.2) is 20.9 Å². The maximum atomic E-state index is 10.6. The third kappa shape index (κ3) is 2.19. The Morgan fingerprint density at radius 3 is 2.93 bits per heavy atom. The third-order valence-electron chi connectivity index (χ3n) is 2.92. The van der Waals surface area contributed by atoms with Crippen molar-refractivity contribution < 1.29 is 9.90 Å². The van der Waals surface area contributed by atoms with Gasteiger partial charge in [-0.1, -0.05) is 6.92 Å². The molecule has 0 saturated heterocycles. The van der Waals surface area contributed by atoms with Crippen molar-refractivity contribution in [3.05, 3.63) is 17.5 Å². The van der Waals surface area contributed by atoms with E-state index < -0.39 is 5.97 Å². The van der Waals surface area contributed by atoms with E-state index in [0.29, 0.717) is 5.92 Å². The largest absolute Gasteiger partial charge is 0.481 e. The fourth-order valence-electron chi connectivity index (χ4n) is 1.91. The predicted molar refractivity (Wildman–Crippen MR) is 55.9 cm³/mol. The lowest BCUT2D eigenvalue weighted by Crippen LogP contribution is -2.07. The molecule has 0 bridgehead atoms. The van der Waals surface area contributed by atoms with Crippen molar-refractivity contribution in [1.82, 2.24) is 9.78 Å². The van der Waals surface area contributed by atoms with Crippen LogP contribution in [0.15, 0.2) is 6.07 Å². The molecule has 1 aromatic heterocycles. The van der Waals surface area contributed by atoms with Crippen LogP contribution in [0.3, 0.4) is 0 Å². The third-order valence-corrected chi connectivity index (χ3v) is 2.92. The zero-order valence-electron chi connectivity index (χ0n) is 9.10. The lowest BCUT2D eigenvalue weighted by molar-refractivity contribution is -0.137. The van der Waals surface area contributed by atoms with Gasteiger partial charge < -0.3 is 5.11 Å². The van der Waals surface area contributed by atoms with Gasteiger partial charge in [0.25, 0.3) is 0 Å². The molecule has 1 aliphatic carbocycles. The number of nitrogens with zero attached hydrogens (tertiary/aromatic N) is 2. The van der Waals surface area contributed by atoms with Crippen molar-refractivity contribution >= 4 is 5.97 Å². The van der Waals surface area contributed by atoms with Gasteiger partial charge in [0.1, 0.15) is 0 Å². The predicted octanol–water partition coefficient (Wildman–Crippen LogP) is 1.88. The monoisotopic (exact) mass is 208 g/mol. The van der Waals surface area contributed by atoms with Gasteiger partial charge in [-0.2, -0.15) is 5.10 Å². The molecule has 0 radical (unpaired) electrons. The van der Waals surface area contributed by atoms with E-state index in [-0.39, 0.29) is 12.3 Å².